The van der Waals surface area contributed by atoms with E-state index in [2.05, 4.69) is 20.8 Å². The van der Waals surface area contributed by atoms with E-state index in [-0.39, 0.29) is 0 Å². The number of carboxylic acid groups (broad SMARTS) is 2. The number of hydrogen-bond acceptors (Lipinski definition) is 2. The van der Waals surface area contributed by atoms with Crippen LogP contribution in [0.25, 0.3) is 0 Å². The Morgan fingerprint density at radius 3 is 1.48 bits per heavy atom. The predicted octanol–water partition coefficient (Wildman–Crippen LogP) is 9.40. The molecule has 0 aromatic heterocycles. The summed E-state index contributed by atoms with van der Waals surface area (Å²) in [6.45, 7) is 6.69. The molecule has 0 aromatic carbocycles. The van der Waals surface area contributed by atoms with Gasteiger partial charge in [0.2, 0.25) is 0 Å². The number of carbonyl (C=O) groups is 2. The lowest BCUT2D eigenvalue weighted by atomic mass is 9.71. The van der Waals surface area contributed by atoms with E-state index >= 15 is 0 Å². The minimum Gasteiger partial charge on any atom is -0.481 e. The highest BCUT2D eigenvalue weighted by molar-refractivity contribution is 5.74. The minimum atomic E-state index is -0.683. The molecule has 0 aliphatic rings. The molecule has 0 aliphatic heterocycles. The van der Waals surface area contributed by atoms with E-state index in [1.165, 1.54) is 64.2 Å². The quantitative estimate of drug-likeness (QED) is 0.131. The summed E-state index contributed by atoms with van der Waals surface area (Å²) in [5, 5.41) is 18.9. The van der Waals surface area contributed by atoms with Crippen molar-refractivity contribution in [1.82, 2.24) is 0 Å². The van der Waals surface area contributed by atoms with Gasteiger partial charge < -0.3 is 10.2 Å². The Morgan fingerprint density at radius 2 is 1.06 bits per heavy atom. The Morgan fingerprint density at radius 1 is 0.636 bits per heavy atom. The molecule has 0 heterocycles. The summed E-state index contributed by atoms with van der Waals surface area (Å²) in [5.74, 6) is -0.754. The number of carboxylic acids is 2. The SMILES string of the molecule is CCCCCCC(CCCCCC)(CC(C)CCCCCCCCCCCC(=O)O)C(=O)O. The first-order valence-electron chi connectivity index (χ1n) is 14.3. The Kier molecular flexibility index (Phi) is 20.8. The maximum Gasteiger partial charge on any atom is 0.309 e. The van der Waals surface area contributed by atoms with Crippen LogP contribution in [-0.4, -0.2) is 22.2 Å². The van der Waals surface area contributed by atoms with Gasteiger partial charge in [0.05, 0.1) is 5.41 Å². The van der Waals surface area contributed by atoms with Gasteiger partial charge in [-0.25, -0.2) is 0 Å². The normalized spacial score (nSPS) is 12.7. The van der Waals surface area contributed by atoms with E-state index in [1.807, 2.05) is 0 Å². The van der Waals surface area contributed by atoms with Gasteiger partial charge in [0.15, 0.2) is 0 Å². The van der Waals surface area contributed by atoms with Gasteiger partial charge in [0.1, 0.15) is 0 Å². The zero-order valence-corrected chi connectivity index (χ0v) is 22.3. The summed E-state index contributed by atoms with van der Waals surface area (Å²) in [7, 11) is 0. The molecular formula is C29H56O4. The molecule has 1 unspecified atom stereocenters. The molecule has 4 nitrogen and oxygen atoms in total. The molecule has 0 aromatic rings. The summed E-state index contributed by atoms with van der Waals surface area (Å²) in [6.07, 6.45) is 23.7. The third-order valence-electron chi connectivity index (χ3n) is 7.30. The molecule has 0 amide bonds. The lowest BCUT2D eigenvalue weighted by Gasteiger charge is -2.32. The molecule has 33 heavy (non-hydrogen) atoms. The monoisotopic (exact) mass is 468 g/mol. The van der Waals surface area contributed by atoms with Gasteiger partial charge in [0, 0.05) is 6.42 Å². The second-order valence-electron chi connectivity index (χ2n) is 10.6. The van der Waals surface area contributed by atoms with Gasteiger partial charge in [-0.2, -0.15) is 0 Å². The van der Waals surface area contributed by atoms with Gasteiger partial charge in [-0.15, -0.1) is 0 Å². The van der Waals surface area contributed by atoms with E-state index in [0.717, 1.165) is 70.6 Å². The van der Waals surface area contributed by atoms with Crippen LogP contribution in [0.5, 0.6) is 0 Å². The van der Waals surface area contributed by atoms with Gasteiger partial charge in [-0.3, -0.25) is 9.59 Å². The van der Waals surface area contributed by atoms with Crippen LogP contribution in [0.2, 0.25) is 0 Å². The highest BCUT2D eigenvalue weighted by Crippen LogP contribution is 2.39. The van der Waals surface area contributed by atoms with E-state index in [1.54, 1.807) is 0 Å². The third kappa shape index (κ3) is 18.0. The first kappa shape index (κ1) is 31.9. The molecule has 0 rings (SSSR count). The number of unbranched alkanes of at least 4 members (excludes halogenated alkanes) is 14. The molecule has 196 valence electrons. The van der Waals surface area contributed by atoms with Crippen LogP contribution in [0.15, 0.2) is 0 Å². The largest absolute Gasteiger partial charge is 0.481 e. The van der Waals surface area contributed by atoms with Crippen LogP contribution in [-0.2, 0) is 9.59 Å². The number of aliphatic carboxylic acids is 2. The summed E-state index contributed by atoms with van der Waals surface area (Å²) in [4.78, 5) is 22.9. The average Bonchev–Trinajstić information content (AvgIpc) is 2.77. The van der Waals surface area contributed by atoms with Crippen LogP contribution < -0.4 is 0 Å². The van der Waals surface area contributed by atoms with Crippen molar-refractivity contribution in [2.75, 3.05) is 0 Å². The fourth-order valence-electron chi connectivity index (χ4n) is 5.19. The summed E-state index contributed by atoms with van der Waals surface area (Å²) >= 11 is 0. The lowest BCUT2D eigenvalue weighted by molar-refractivity contribution is -0.151. The van der Waals surface area contributed by atoms with Crippen molar-refractivity contribution in [3.8, 4) is 0 Å². The van der Waals surface area contributed by atoms with Crippen LogP contribution >= 0.6 is 0 Å². The molecule has 0 spiro atoms. The molecule has 0 saturated heterocycles. The van der Waals surface area contributed by atoms with E-state index in [9.17, 15) is 14.7 Å². The topological polar surface area (TPSA) is 74.6 Å². The van der Waals surface area contributed by atoms with Crippen LogP contribution in [0, 0.1) is 11.3 Å². The van der Waals surface area contributed by atoms with Crippen molar-refractivity contribution in [3.63, 3.8) is 0 Å². The van der Waals surface area contributed by atoms with Crippen molar-refractivity contribution in [2.45, 2.75) is 162 Å². The van der Waals surface area contributed by atoms with Crippen molar-refractivity contribution in [3.05, 3.63) is 0 Å². The third-order valence-corrected chi connectivity index (χ3v) is 7.30. The van der Waals surface area contributed by atoms with Gasteiger partial charge in [0.25, 0.3) is 0 Å². The van der Waals surface area contributed by atoms with E-state index in [4.69, 9.17) is 5.11 Å². The number of rotatable bonds is 25. The summed E-state index contributed by atoms with van der Waals surface area (Å²) in [6, 6.07) is 0. The zero-order valence-electron chi connectivity index (χ0n) is 22.3. The molecule has 0 fully saturated rings. The summed E-state index contributed by atoms with van der Waals surface area (Å²) in [5.41, 5.74) is -0.512. The van der Waals surface area contributed by atoms with Crippen molar-refractivity contribution in [1.29, 1.82) is 0 Å². The lowest BCUT2D eigenvalue weighted by Crippen LogP contribution is -2.33. The molecular weight excluding hydrogens is 412 g/mol. The van der Waals surface area contributed by atoms with Crippen LogP contribution in [0.3, 0.4) is 0 Å². The molecule has 0 radical (unpaired) electrons. The van der Waals surface area contributed by atoms with Crippen LogP contribution in [0.1, 0.15) is 162 Å². The Balaban J connectivity index is 4.24. The van der Waals surface area contributed by atoms with Gasteiger partial charge in [-0.1, -0.05) is 130 Å². The molecule has 1 atom stereocenters. The highest BCUT2D eigenvalue weighted by Gasteiger charge is 2.38. The first-order chi connectivity index (χ1) is 15.9. The Labute approximate surface area is 205 Å². The van der Waals surface area contributed by atoms with Crippen LogP contribution in [0.4, 0.5) is 0 Å². The molecule has 4 heteroatoms. The maximum atomic E-state index is 12.4. The second-order valence-corrected chi connectivity index (χ2v) is 10.6. The van der Waals surface area contributed by atoms with Crippen molar-refractivity contribution in [2.24, 2.45) is 11.3 Å². The standard InChI is InChI=1S/C29H56O4/c1-4-6-8-19-23-29(28(32)33,24-20-9-7-5-2)25-26(3)21-17-15-13-11-10-12-14-16-18-22-27(30)31/h26H,4-25H2,1-3H3,(H,30,31)(H,32,33). The predicted molar refractivity (Wildman–Crippen MR) is 140 cm³/mol. The van der Waals surface area contributed by atoms with E-state index in [0.29, 0.717) is 12.3 Å². The van der Waals surface area contributed by atoms with Gasteiger partial charge >= 0.3 is 11.9 Å². The smallest absolute Gasteiger partial charge is 0.309 e. The Bertz CT molecular complexity index is 462. The maximum absolute atomic E-state index is 12.4. The molecule has 0 saturated carbocycles. The fourth-order valence-corrected chi connectivity index (χ4v) is 5.19. The van der Waals surface area contributed by atoms with E-state index < -0.39 is 17.4 Å². The molecule has 0 aliphatic carbocycles. The molecule has 0 bridgehead atoms. The van der Waals surface area contributed by atoms with Gasteiger partial charge in [-0.05, 0) is 31.6 Å². The van der Waals surface area contributed by atoms with Crippen molar-refractivity contribution < 1.29 is 19.8 Å². The molecule has 2 N–H and O–H groups in total. The second kappa shape index (κ2) is 21.5. The highest BCUT2D eigenvalue weighted by atomic mass is 16.4. The Hall–Kier alpha value is -1.06. The average molecular weight is 469 g/mol. The van der Waals surface area contributed by atoms with Crippen molar-refractivity contribution >= 4 is 11.9 Å². The number of hydrogen-bond donors (Lipinski definition) is 2. The fraction of sp³-hybridized carbons (Fsp3) is 0.931. The summed E-state index contributed by atoms with van der Waals surface area (Å²) < 4.78 is 0. The minimum absolute atomic E-state index is 0.304. The zero-order chi connectivity index (χ0) is 24.8. The first-order valence-corrected chi connectivity index (χ1v) is 14.3.